The van der Waals surface area contributed by atoms with Gasteiger partial charge in [-0.25, -0.2) is 0 Å². The number of carbonyl (C=O) groups is 3. The molecule has 9 heteroatoms. The number of likely N-dealkylation sites (N-methyl/N-ethyl adjacent to an activating group) is 1. The Morgan fingerprint density at radius 2 is 0.588 bits per heavy atom. The van der Waals surface area contributed by atoms with Gasteiger partial charge in [-0.15, -0.1) is 0 Å². The summed E-state index contributed by atoms with van der Waals surface area (Å²) in [6, 6.07) is 0. The second-order valence-electron chi connectivity index (χ2n) is 27.6. The van der Waals surface area contributed by atoms with Crippen LogP contribution in [0.15, 0.2) is 146 Å². The Morgan fingerprint density at radius 1 is 0.320 bits per heavy atom. The summed E-state index contributed by atoms with van der Waals surface area (Å²) in [5, 5.41) is 11.9. The van der Waals surface area contributed by atoms with Gasteiger partial charge in [-0.3, -0.25) is 9.59 Å². The van der Waals surface area contributed by atoms with Crippen LogP contribution < -0.4 is 5.11 Å². The molecule has 0 aliphatic heterocycles. The maximum atomic E-state index is 12.9. The molecule has 0 rings (SSSR count). The zero-order chi connectivity index (χ0) is 70.4. The fourth-order valence-corrected chi connectivity index (χ4v) is 11.0. The fourth-order valence-electron chi connectivity index (χ4n) is 11.0. The lowest BCUT2D eigenvalue weighted by atomic mass is 10.0. The monoisotopic (exact) mass is 1350 g/mol. The van der Waals surface area contributed by atoms with E-state index in [1.807, 2.05) is 21.1 Å². The van der Waals surface area contributed by atoms with E-state index < -0.39 is 24.3 Å². The Bertz CT molecular complexity index is 2110. The van der Waals surface area contributed by atoms with Gasteiger partial charge >= 0.3 is 11.9 Å². The Balaban J connectivity index is 4.07. The quantitative estimate of drug-likeness (QED) is 0.0195. The number of unbranched alkanes of at least 4 members (excludes halogenated alkanes) is 34. The van der Waals surface area contributed by atoms with Crippen LogP contribution >= 0.6 is 0 Å². The molecule has 0 spiro atoms. The van der Waals surface area contributed by atoms with Crippen LogP contribution in [0.5, 0.6) is 0 Å². The summed E-state index contributed by atoms with van der Waals surface area (Å²) in [5.41, 5.74) is 0. The summed E-state index contributed by atoms with van der Waals surface area (Å²) in [7, 11) is 5.92. The van der Waals surface area contributed by atoms with Crippen LogP contribution in [0.3, 0.4) is 0 Å². The molecule has 554 valence electrons. The van der Waals surface area contributed by atoms with E-state index in [2.05, 4.69) is 160 Å². The number of hydrogen-bond acceptors (Lipinski definition) is 8. The smallest absolute Gasteiger partial charge is 0.306 e. The molecular formula is C88H149NO8. The van der Waals surface area contributed by atoms with Crippen molar-refractivity contribution in [3.05, 3.63) is 146 Å². The molecule has 0 aliphatic rings. The summed E-state index contributed by atoms with van der Waals surface area (Å²) in [6.45, 7) is 4.60. The molecule has 0 saturated heterocycles. The standard InChI is InChI=1S/C88H149NO8/c1-6-8-10-12-14-16-18-20-22-24-26-28-30-32-34-36-38-39-40-41-42-43-44-45-46-47-49-50-52-54-56-58-60-62-64-66-68-70-72-74-76-78-85(90)95-82-84(83-96-88(87(92)93)94-81-80-89(3,4)5)97-86(91)79-77-75-73-71-69-67-65-63-61-59-57-55-53-51-48-37-35-33-31-29-27-25-23-21-19-17-15-13-11-9-7-2/h9,11,15,17-18,20-21,23-24,26-27,29-30,32-33,35,48,51,55,57,61,63,67,69,84,88H,6-8,10,12-14,16,19,22,25,28,31,34,36-47,49-50,52-54,56,58-60,62,64-66,68,70-83H2,1-5H3/b11-9-,17-15-,20-18-,23-21-,26-24-,29-27-,32-30-,35-33-,51-48-,57-55-,63-61-,69-67-. The summed E-state index contributed by atoms with van der Waals surface area (Å²) < 4.78 is 22.8. The Morgan fingerprint density at radius 3 is 0.887 bits per heavy atom. The van der Waals surface area contributed by atoms with E-state index in [1.165, 1.54) is 193 Å². The highest BCUT2D eigenvalue weighted by Gasteiger charge is 2.22. The van der Waals surface area contributed by atoms with E-state index in [9.17, 15) is 19.5 Å². The van der Waals surface area contributed by atoms with E-state index in [0.717, 1.165) is 109 Å². The number of carbonyl (C=O) groups excluding carboxylic acids is 3. The first-order chi connectivity index (χ1) is 47.6. The van der Waals surface area contributed by atoms with Gasteiger partial charge in [-0.05, 0) is 122 Å². The molecule has 0 saturated carbocycles. The molecule has 0 amide bonds. The third-order valence-corrected chi connectivity index (χ3v) is 17.1. The van der Waals surface area contributed by atoms with Crippen LogP contribution in [0.25, 0.3) is 0 Å². The highest BCUT2D eigenvalue weighted by molar-refractivity contribution is 5.70. The molecule has 0 heterocycles. The van der Waals surface area contributed by atoms with Crippen molar-refractivity contribution < 1.29 is 42.9 Å². The molecule has 9 nitrogen and oxygen atoms in total. The molecule has 2 atom stereocenters. The van der Waals surface area contributed by atoms with Crippen LogP contribution in [0.1, 0.15) is 335 Å². The molecule has 0 aromatic heterocycles. The minimum Gasteiger partial charge on any atom is -0.545 e. The van der Waals surface area contributed by atoms with Gasteiger partial charge in [-0.2, -0.15) is 0 Å². The van der Waals surface area contributed by atoms with Crippen LogP contribution in [-0.4, -0.2) is 82.3 Å². The number of esters is 2. The predicted molar refractivity (Wildman–Crippen MR) is 416 cm³/mol. The minimum absolute atomic E-state index is 0.135. The second-order valence-corrected chi connectivity index (χ2v) is 27.6. The molecular weight excluding hydrogens is 1200 g/mol. The second kappa shape index (κ2) is 76.9. The maximum absolute atomic E-state index is 12.9. The van der Waals surface area contributed by atoms with E-state index in [1.54, 1.807) is 0 Å². The lowest BCUT2D eigenvalue weighted by molar-refractivity contribution is -0.870. The molecule has 0 radical (unpaired) electrons. The number of hydrogen-bond donors (Lipinski definition) is 0. The number of ether oxygens (including phenoxy) is 4. The molecule has 2 unspecified atom stereocenters. The molecule has 0 aliphatic carbocycles. The highest BCUT2D eigenvalue weighted by Crippen LogP contribution is 2.18. The highest BCUT2D eigenvalue weighted by atomic mass is 16.7. The first-order valence-corrected chi connectivity index (χ1v) is 40.0. The number of aliphatic carboxylic acids is 1. The Kier molecular flexibility index (Phi) is 73.1. The molecule has 0 aromatic carbocycles. The molecule has 0 bridgehead atoms. The van der Waals surface area contributed by atoms with Gasteiger partial charge in [0.25, 0.3) is 0 Å². The fraction of sp³-hybridized carbons (Fsp3) is 0.693. The van der Waals surface area contributed by atoms with E-state index >= 15 is 0 Å². The van der Waals surface area contributed by atoms with E-state index in [4.69, 9.17) is 18.9 Å². The topological polar surface area (TPSA) is 111 Å². The summed E-state index contributed by atoms with van der Waals surface area (Å²) >= 11 is 0. The number of carboxylic acids is 1. The van der Waals surface area contributed by atoms with Gasteiger partial charge in [0, 0.05) is 12.8 Å². The lowest BCUT2D eigenvalue weighted by Gasteiger charge is -2.26. The van der Waals surface area contributed by atoms with Gasteiger partial charge < -0.3 is 33.3 Å². The maximum Gasteiger partial charge on any atom is 0.306 e. The Labute approximate surface area is 598 Å². The largest absolute Gasteiger partial charge is 0.545 e. The summed E-state index contributed by atoms with van der Waals surface area (Å²) in [4.78, 5) is 37.6. The van der Waals surface area contributed by atoms with Gasteiger partial charge in [0.2, 0.25) is 0 Å². The normalized spacial score (nSPS) is 13.5. The third kappa shape index (κ3) is 78.4. The van der Waals surface area contributed by atoms with Crippen LogP contribution in [0.2, 0.25) is 0 Å². The van der Waals surface area contributed by atoms with Crippen molar-refractivity contribution in [1.82, 2.24) is 0 Å². The van der Waals surface area contributed by atoms with Gasteiger partial charge in [-0.1, -0.05) is 346 Å². The van der Waals surface area contributed by atoms with E-state index in [0.29, 0.717) is 17.4 Å². The molecule has 0 fully saturated rings. The van der Waals surface area contributed by atoms with Gasteiger partial charge in [0.05, 0.1) is 40.3 Å². The zero-order valence-corrected chi connectivity index (χ0v) is 63.4. The van der Waals surface area contributed by atoms with Crippen molar-refractivity contribution in [1.29, 1.82) is 0 Å². The van der Waals surface area contributed by atoms with Crippen molar-refractivity contribution in [3.8, 4) is 0 Å². The van der Waals surface area contributed by atoms with Crippen molar-refractivity contribution >= 4 is 17.9 Å². The van der Waals surface area contributed by atoms with Crippen LogP contribution in [0, 0.1) is 0 Å². The Hall–Kier alpha value is -4.83. The van der Waals surface area contributed by atoms with Gasteiger partial charge in [0.1, 0.15) is 13.2 Å². The van der Waals surface area contributed by atoms with Crippen molar-refractivity contribution in [2.24, 2.45) is 0 Å². The van der Waals surface area contributed by atoms with Crippen molar-refractivity contribution in [3.63, 3.8) is 0 Å². The first kappa shape index (κ1) is 92.2. The first-order valence-electron chi connectivity index (χ1n) is 40.0. The number of rotatable bonds is 73. The third-order valence-electron chi connectivity index (χ3n) is 17.1. The van der Waals surface area contributed by atoms with Crippen molar-refractivity contribution in [2.75, 3.05) is 47.5 Å². The molecule has 97 heavy (non-hydrogen) atoms. The molecule has 0 N–H and O–H groups in total. The minimum atomic E-state index is -1.64. The summed E-state index contributed by atoms with van der Waals surface area (Å²) in [6.07, 6.45) is 110. The number of carboxylic acid groups (broad SMARTS) is 1. The molecule has 0 aromatic rings. The number of nitrogens with zero attached hydrogens (tertiary/aromatic N) is 1. The zero-order valence-electron chi connectivity index (χ0n) is 63.4. The van der Waals surface area contributed by atoms with Gasteiger partial charge in [0.15, 0.2) is 12.4 Å². The average molecular weight is 1350 g/mol. The predicted octanol–water partition coefficient (Wildman–Crippen LogP) is 24.5. The van der Waals surface area contributed by atoms with E-state index in [-0.39, 0.29) is 38.6 Å². The number of quaternary nitrogens is 1. The average Bonchev–Trinajstić information content (AvgIpc) is 2.39. The van der Waals surface area contributed by atoms with Crippen LogP contribution in [-0.2, 0) is 33.3 Å². The number of allylic oxidation sites excluding steroid dienone is 24. The lowest BCUT2D eigenvalue weighted by Crippen LogP contribution is -2.44. The van der Waals surface area contributed by atoms with Crippen molar-refractivity contribution in [2.45, 2.75) is 347 Å². The SMILES string of the molecule is CC/C=C\C/C=C\C/C=C\C/C=C\C/C=C\C/C=C\C/C=C\C/C=C\C/C=C\CCCCCC(=O)OC(COC(=O)CCCCCCCCCCCCCCCCCCCCCCCCCCCC/C=C\C/C=C\C/C=C\CCCCCCC)COC(OCC[N+](C)(C)C)C(=O)[O-]. The van der Waals surface area contributed by atoms with Crippen LogP contribution in [0.4, 0.5) is 0 Å². The summed E-state index contributed by atoms with van der Waals surface area (Å²) in [5.74, 6) is -2.33.